The molecule has 276 valence electrons. The first kappa shape index (κ1) is 37.8. The van der Waals surface area contributed by atoms with Crippen LogP contribution in [0, 0.1) is 0 Å². The molecule has 0 unspecified atom stereocenters. The van der Waals surface area contributed by atoms with Crippen molar-refractivity contribution in [1.82, 2.24) is 0 Å². The summed E-state index contributed by atoms with van der Waals surface area (Å²) in [5, 5.41) is 11.0. The molecule has 0 aliphatic rings. The van der Waals surface area contributed by atoms with Gasteiger partial charge in [-0.05, 0) is 148 Å². The third kappa shape index (κ3) is 7.01. The van der Waals surface area contributed by atoms with E-state index in [1.165, 1.54) is 32.6 Å². The standard InChI is InChI=1S/C48H46O3P4/c1-52(2)35-17-9-31(10-18-35)43-29-44(32-11-19-36(20-12-32)53(3,4)49)40-27-28-42-46(34-15-23-38(24-16-34)55(7,8)51)30-45(41-26-25-39(43)47(40)48(41)42)33-13-21-37(22-14-33)54(5,6)50/h9-30H,1-8H3. The van der Waals surface area contributed by atoms with Gasteiger partial charge in [0.05, 0.1) is 0 Å². The Hall–Kier alpha value is -4.08. The van der Waals surface area contributed by atoms with Crippen LogP contribution in [0.2, 0.25) is 0 Å². The van der Waals surface area contributed by atoms with Crippen molar-refractivity contribution in [1.29, 1.82) is 0 Å². The molecule has 0 amide bonds. The third-order valence-corrected chi connectivity index (χ3v) is 16.9. The average molecular weight is 795 g/mol. The topological polar surface area (TPSA) is 51.2 Å². The maximum atomic E-state index is 13.0. The van der Waals surface area contributed by atoms with Crippen molar-refractivity contribution < 1.29 is 13.7 Å². The van der Waals surface area contributed by atoms with Crippen molar-refractivity contribution in [3.8, 4) is 44.5 Å². The zero-order chi connectivity index (χ0) is 39.0. The van der Waals surface area contributed by atoms with Gasteiger partial charge in [0, 0.05) is 15.9 Å². The Morgan fingerprint density at radius 3 is 0.800 bits per heavy atom. The van der Waals surface area contributed by atoms with Crippen molar-refractivity contribution in [3.05, 3.63) is 133 Å². The molecule has 0 atom stereocenters. The highest BCUT2D eigenvalue weighted by molar-refractivity contribution is 7.70. The molecule has 8 aromatic carbocycles. The number of benzene rings is 8. The lowest BCUT2D eigenvalue weighted by molar-refractivity contribution is 0.587. The Morgan fingerprint density at radius 2 is 0.582 bits per heavy atom. The first-order chi connectivity index (χ1) is 26.0. The first-order valence-electron chi connectivity index (χ1n) is 18.5. The van der Waals surface area contributed by atoms with Gasteiger partial charge in [-0.2, -0.15) is 0 Å². The summed E-state index contributed by atoms with van der Waals surface area (Å²) in [5.74, 6) is 0. The fourth-order valence-corrected chi connectivity index (χ4v) is 11.2. The van der Waals surface area contributed by atoms with E-state index in [2.05, 4.69) is 110 Å². The predicted octanol–water partition coefficient (Wildman–Crippen LogP) is 12.4. The summed E-state index contributed by atoms with van der Waals surface area (Å²) >= 11 is 0. The van der Waals surface area contributed by atoms with Gasteiger partial charge >= 0.3 is 0 Å². The lowest BCUT2D eigenvalue weighted by Gasteiger charge is -2.22. The molecule has 0 saturated heterocycles. The van der Waals surface area contributed by atoms with Crippen LogP contribution >= 0.6 is 29.3 Å². The van der Waals surface area contributed by atoms with Crippen molar-refractivity contribution in [2.24, 2.45) is 0 Å². The maximum absolute atomic E-state index is 13.0. The summed E-state index contributed by atoms with van der Waals surface area (Å²) in [6.07, 6.45) is 0. The van der Waals surface area contributed by atoms with Gasteiger partial charge in [-0.3, -0.25) is 0 Å². The molecule has 0 aromatic heterocycles. The van der Waals surface area contributed by atoms with E-state index in [4.69, 9.17) is 0 Å². The maximum Gasteiger partial charge on any atom is 0.109 e. The van der Waals surface area contributed by atoms with Crippen molar-refractivity contribution >= 4 is 82.9 Å². The lowest BCUT2D eigenvalue weighted by Crippen LogP contribution is -2.02. The molecule has 8 rings (SSSR count). The molecule has 7 heteroatoms. The van der Waals surface area contributed by atoms with E-state index in [1.807, 2.05) is 76.4 Å². The van der Waals surface area contributed by atoms with Crippen LogP contribution in [0.1, 0.15) is 0 Å². The summed E-state index contributed by atoms with van der Waals surface area (Å²) in [4.78, 5) is 0. The van der Waals surface area contributed by atoms with Gasteiger partial charge in [-0.1, -0.05) is 129 Å². The van der Waals surface area contributed by atoms with Crippen LogP contribution in [-0.2, 0) is 13.7 Å². The Morgan fingerprint density at radius 1 is 0.345 bits per heavy atom. The summed E-state index contributed by atoms with van der Waals surface area (Å²) in [6.45, 7) is 15.5. The Kier molecular flexibility index (Phi) is 9.52. The van der Waals surface area contributed by atoms with Crippen molar-refractivity contribution in [2.45, 2.75) is 0 Å². The van der Waals surface area contributed by atoms with E-state index in [-0.39, 0.29) is 7.92 Å². The molecule has 0 aliphatic heterocycles. The molecule has 0 heterocycles. The molecule has 0 saturated carbocycles. The molecule has 0 spiro atoms. The van der Waals surface area contributed by atoms with E-state index in [1.54, 1.807) is 0 Å². The fraction of sp³-hybridized carbons (Fsp3) is 0.167. The van der Waals surface area contributed by atoms with Gasteiger partial charge in [0.15, 0.2) is 0 Å². The molecule has 8 aromatic rings. The van der Waals surface area contributed by atoms with Gasteiger partial charge in [0.25, 0.3) is 0 Å². The number of rotatable bonds is 8. The van der Waals surface area contributed by atoms with Gasteiger partial charge in [0.1, 0.15) is 21.4 Å². The normalized spacial score (nSPS) is 12.7. The van der Waals surface area contributed by atoms with Gasteiger partial charge in [0.2, 0.25) is 0 Å². The van der Waals surface area contributed by atoms with Crippen LogP contribution in [0.4, 0.5) is 0 Å². The average Bonchev–Trinajstić information content (AvgIpc) is 3.15. The highest BCUT2D eigenvalue weighted by Crippen LogP contribution is 2.49. The molecule has 0 bridgehead atoms. The second-order valence-corrected chi connectivity index (χ2v) is 28.1. The van der Waals surface area contributed by atoms with Crippen LogP contribution < -0.4 is 21.2 Å². The Bertz CT molecular complexity index is 2810. The van der Waals surface area contributed by atoms with E-state index in [9.17, 15) is 13.7 Å². The quantitative estimate of drug-likeness (QED) is 0.114. The molecule has 0 N–H and O–H groups in total. The van der Waals surface area contributed by atoms with E-state index in [0.29, 0.717) is 0 Å². The van der Waals surface area contributed by atoms with Gasteiger partial charge in [-0.15, -0.1) is 0 Å². The van der Waals surface area contributed by atoms with Crippen LogP contribution in [0.3, 0.4) is 0 Å². The zero-order valence-corrected chi connectivity index (χ0v) is 36.3. The van der Waals surface area contributed by atoms with Crippen LogP contribution in [0.5, 0.6) is 0 Å². The second-order valence-electron chi connectivity index (χ2n) is 16.1. The summed E-state index contributed by atoms with van der Waals surface area (Å²) in [5.41, 5.74) is 8.88. The molecule has 0 radical (unpaired) electrons. The first-order valence-corrected chi connectivity index (χ1v) is 28.6. The minimum absolute atomic E-state index is 0.223. The molecule has 55 heavy (non-hydrogen) atoms. The molecule has 0 fully saturated rings. The highest BCUT2D eigenvalue weighted by Gasteiger charge is 2.22. The highest BCUT2D eigenvalue weighted by atomic mass is 31.2. The van der Waals surface area contributed by atoms with Crippen LogP contribution in [0.15, 0.2) is 133 Å². The monoisotopic (exact) mass is 794 g/mol. The second kappa shape index (κ2) is 13.8. The SMILES string of the molecule is CP(C)c1ccc(-c2cc(-c3ccc(P(C)(C)=O)cc3)c3ccc4c(-c5ccc(P(C)(C)=O)cc5)cc(-c5ccc(P(C)(C)=O)cc5)c5ccc2c3c54)cc1. The Labute approximate surface area is 326 Å². The fourth-order valence-electron chi connectivity index (χ4n) is 7.89. The van der Waals surface area contributed by atoms with Gasteiger partial charge in [-0.25, -0.2) is 0 Å². The van der Waals surface area contributed by atoms with Gasteiger partial charge < -0.3 is 13.7 Å². The largest absolute Gasteiger partial charge is 0.319 e. The molecule has 3 nitrogen and oxygen atoms in total. The van der Waals surface area contributed by atoms with Crippen LogP contribution in [0.25, 0.3) is 76.8 Å². The Balaban J connectivity index is 1.49. The zero-order valence-electron chi connectivity index (χ0n) is 32.7. The summed E-state index contributed by atoms with van der Waals surface area (Å²) in [7, 11) is -7.50. The molecular formula is C48H46O3P4. The molecular weight excluding hydrogens is 748 g/mol. The number of hydrogen-bond donors (Lipinski definition) is 0. The van der Waals surface area contributed by atoms with E-state index >= 15 is 0 Å². The minimum Gasteiger partial charge on any atom is -0.319 e. The smallest absolute Gasteiger partial charge is 0.109 e. The lowest BCUT2D eigenvalue weighted by atomic mass is 9.82. The van der Waals surface area contributed by atoms with Crippen molar-refractivity contribution in [3.63, 3.8) is 0 Å². The number of hydrogen-bond acceptors (Lipinski definition) is 3. The summed E-state index contributed by atoms with van der Waals surface area (Å²) < 4.78 is 39.1. The minimum atomic E-state index is -2.43. The van der Waals surface area contributed by atoms with Crippen LogP contribution in [-0.4, -0.2) is 53.3 Å². The summed E-state index contributed by atoms with van der Waals surface area (Å²) in [6, 6.07) is 47.5. The van der Waals surface area contributed by atoms with Crippen molar-refractivity contribution in [2.75, 3.05) is 53.3 Å². The van der Waals surface area contributed by atoms with E-state index < -0.39 is 21.4 Å². The molecule has 0 aliphatic carbocycles. The van der Waals surface area contributed by atoms with E-state index in [0.717, 1.165) is 65.5 Å². The predicted molar refractivity (Wildman–Crippen MR) is 248 cm³/mol. The third-order valence-electron chi connectivity index (χ3n) is 11.0.